The van der Waals surface area contributed by atoms with Crippen LogP contribution in [0.2, 0.25) is 0 Å². The van der Waals surface area contributed by atoms with Crippen molar-refractivity contribution in [2.24, 2.45) is 0 Å². The molecule has 4 aromatic heterocycles. The number of piperidine rings is 1. The number of pyridine rings is 1. The fourth-order valence-electron chi connectivity index (χ4n) is 5.45. The zero-order valence-corrected chi connectivity index (χ0v) is 20.1. The van der Waals surface area contributed by atoms with Gasteiger partial charge in [-0.3, -0.25) is 0 Å². The van der Waals surface area contributed by atoms with E-state index in [-0.39, 0.29) is 0 Å². The number of aromatic amines is 1. The van der Waals surface area contributed by atoms with Crippen molar-refractivity contribution in [3.8, 4) is 22.4 Å². The molecular formula is C27H29N9. The Morgan fingerprint density at radius 2 is 1.86 bits per heavy atom. The zero-order valence-electron chi connectivity index (χ0n) is 20.1. The van der Waals surface area contributed by atoms with Crippen LogP contribution < -0.4 is 15.5 Å². The minimum absolute atomic E-state index is 0.435. The van der Waals surface area contributed by atoms with Gasteiger partial charge in [-0.1, -0.05) is 6.07 Å². The number of nitrogens with zero attached hydrogens (tertiary/aromatic N) is 6. The Hall–Kier alpha value is -3.82. The lowest BCUT2D eigenvalue weighted by atomic mass is 10.1. The molecule has 1 unspecified atom stereocenters. The van der Waals surface area contributed by atoms with Gasteiger partial charge < -0.3 is 25.1 Å². The van der Waals surface area contributed by atoms with E-state index in [1.807, 2.05) is 31.0 Å². The van der Waals surface area contributed by atoms with Crippen molar-refractivity contribution >= 4 is 28.0 Å². The molecule has 0 bridgehead atoms. The predicted molar refractivity (Wildman–Crippen MR) is 142 cm³/mol. The summed E-state index contributed by atoms with van der Waals surface area (Å²) < 4.78 is 2.32. The summed E-state index contributed by atoms with van der Waals surface area (Å²) in [6.07, 6.45) is 10.1. The van der Waals surface area contributed by atoms with E-state index in [0.717, 1.165) is 89.7 Å². The fourth-order valence-corrected chi connectivity index (χ4v) is 5.45. The van der Waals surface area contributed by atoms with Gasteiger partial charge in [0.15, 0.2) is 5.65 Å². The second kappa shape index (κ2) is 9.00. The highest BCUT2D eigenvalue weighted by Crippen LogP contribution is 2.32. The summed E-state index contributed by atoms with van der Waals surface area (Å²) in [5.74, 6) is 0.987. The highest BCUT2D eigenvalue weighted by molar-refractivity contribution is 5.94. The zero-order chi connectivity index (χ0) is 23.9. The van der Waals surface area contributed by atoms with Gasteiger partial charge in [0.2, 0.25) is 0 Å². The van der Waals surface area contributed by atoms with Gasteiger partial charge in [0.25, 0.3) is 0 Å². The number of rotatable bonds is 4. The maximum atomic E-state index is 5.06. The Kier molecular flexibility index (Phi) is 5.36. The first-order valence-corrected chi connectivity index (χ1v) is 12.8. The van der Waals surface area contributed by atoms with Crippen molar-refractivity contribution in [1.29, 1.82) is 0 Å². The number of fused-ring (bicyclic) bond motifs is 2. The predicted octanol–water partition coefficient (Wildman–Crippen LogP) is 3.37. The van der Waals surface area contributed by atoms with E-state index in [1.54, 1.807) is 0 Å². The second-order valence-electron chi connectivity index (χ2n) is 9.65. The van der Waals surface area contributed by atoms with Gasteiger partial charge in [-0.2, -0.15) is 0 Å². The molecule has 9 nitrogen and oxygen atoms in total. The number of benzene rings is 1. The lowest BCUT2D eigenvalue weighted by molar-refractivity contribution is 0.378. The second-order valence-corrected chi connectivity index (χ2v) is 9.65. The maximum absolute atomic E-state index is 5.06. The Bertz CT molecular complexity index is 1520. The van der Waals surface area contributed by atoms with Crippen molar-refractivity contribution in [3.63, 3.8) is 0 Å². The molecule has 2 aliphatic heterocycles. The molecule has 2 fully saturated rings. The summed E-state index contributed by atoms with van der Waals surface area (Å²) in [6, 6.07) is 11.0. The standard InChI is InChI=1S/C27H29N9/c1-2-20(14-29-6-1)36-17-33-22-4-3-18(12-24(22)36)21-15-31-27-26(21)34-23(16-32-27)19-5-7-30-25(13-19)35-10-8-28-9-11-35/h3-5,7,12-13,15-17,20,28-29H,1-2,6,8-11,14H2,(H,31,32). The number of imidazole rings is 1. The third kappa shape index (κ3) is 3.81. The molecule has 0 saturated carbocycles. The SMILES string of the molecule is c1cc(-c2cnc3[nH]cc(-c4ccc5ncn(C6CCCNC6)c5c4)c3n2)cc(N2CCNCC2)n1. The number of hydrogen-bond donors (Lipinski definition) is 3. The van der Waals surface area contributed by atoms with Gasteiger partial charge >= 0.3 is 0 Å². The van der Waals surface area contributed by atoms with E-state index in [9.17, 15) is 0 Å². The summed E-state index contributed by atoms with van der Waals surface area (Å²) in [4.78, 5) is 24.7. The van der Waals surface area contributed by atoms with Gasteiger partial charge in [0.1, 0.15) is 11.3 Å². The molecule has 2 aliphatic rings. The molecule has 0 spiro atoms. The van der Waals surface area contributed by atoms with Crippen LogP contribution in [0, 0.1) is 0 Å². The van der Waals surface area contributed by atoms with Gasteiger partial charge in [-0.15, -0.1) is 0 Å². The number of hydrogen-bond acceptors (Lipinski definition) is 7. The first-order valence-electron chi connectivity index (χ1n) is 12.8. The first-order chi connectivity index (χ1) is 17.8. The van der Waals surface area contributed by atoms with Crippen molar-refractivity contribution in [3.05, 3.63) is 55.2 Å². The third-order valence-corrected chi connectivity index (χ3v) is 7.41. The van der Waals surface area contributed by atoms with Crippen molar-refractivity contribution in [1.82, 2.24) is 40.1 Å². The number of H-pyrrole nitrogens is 1. The van der Waals surface area contributed by atoms with E-state index < -0.39 is 0 Å². The average molecular weight is 480 g/mol. The molecule has 0 amide bonds. The fraction of sp³-hybridized carbons (Fsp3) is 0.333. The molecule has 0 radical (unpaired) electrons. The summed E-state index contributed by atoms with van der Waals surface area (Å²) in [7, 11) is 0. The van der Waals surface area contributed by atoms with Gasteiger partial charge in [-0.25, -0.2) is 19.9 Å². The van der Waals surface area contributed by atoms with E-state index in [1.165, 1.54) is 12.8 Å². The van der Waals surface area contributed by atoms with Crippen LogP contribution in [0.1, 0.15) is 18.9 Å². The molecule has 36 heavy (non-hydrogen) atoms. The Labute approximate surface area is 209 Å². The first kappa shape index (κ1) is 21.5. The topological polar surface area (TPSA) is 99.6 Å². The molecule has 5 aromatic rings. The van der Waals surface area contributed by atoms with Crippen molar-refractivity contribution in [2.45, 2.75) is 18.9 Å². The van der Waals surface area contributed by atoms with Crippen LogP contribution in [0.15, 0.2) is 55.2 Å². The van der Waals surface area contributed by atoms with E-state index >= 15 is 0 Å². The Balaban J connectivity index is 1.27. The van der Waals surface area contributed by atoms with E-state index in [0.29, 0.717) is 6.04 Å². The highest BCUT2D eigenvalue weighted by Gasteiger charge is 2.19. The van der Waals surface area contributed by atoms with Gasteiger partial charge in [0.05, 0.1) is 29.3 Å². The van der Waals surface area contributed by atoms with Crippen LogP contribution >= 0.6 is 0 Å². The normalized spacial score (nSPS) is 18.8. The molecule has 9 heteroatoms. The molecule has 1 aromatic carbocycles. The largest absolute Gasteiger partial charge is 0.354 e. The van der Waals surface area contributed by atoms with Crippen LogP contribution in [0.4, 0.5) is 5.82 Å². The maximum Gasteiger partial charge on any atom is 0.156 e. The Morgan fingerprint density at radius 1 is 0.917 bits per heavy atom. The summed E-state index contributed by atoms with van der Waals surface area (Å²) in [5, 5.41) is 6.92. The van der Waals surface area contributed by atoms with Gasteiger partial charge in [-0.05, 0) is 49.2 Å². The quantitative estimate of drug-likeness (QED) is 0.363. The molecule has 6 heterocycles. The minimum atomic E-state index is 0.435. The van der Waals surface area contributed by atoms with Crippen LogP contribution in [0.3, 0.4) is 0 Å². The van der Waals surface area contributed by atoms with Crippen molar-refractivity contribution in [2.75, 3.05) is 44.2 Å². The van der Waals surface area contributed by atoms with Crippen LogP contribution in [0.25, 0.3) is 44.6 Å². The van der Waals surface area contributed by atoms with Crippen molar-refractivity contribution < 1.29 is 0 Å². The van der Waals surface area contributed by atoms with Crippen LogP contribution in [-0.2, 0) is 0 Å². The summed E-state index contributed by atoms with van der Waals surface area (Å²) in [6.45, 7) is 5.95. The van der Waals surface area contributed by atoms with Crippen LogP contribution in [-0.4, -0.2) is 68.8 Å². The smallest absolute Gasteiger partial charge is 0.156 e. The third-order valence-electron chi connectivity index (χ3n) is 7.41. The molecule has 1 atom stereocenters. The van der Waals surface area contributed by atoms with Crippen LogP contribution in [0.5, 0.6) is 0 Å². The molecule has 0 aliphatic carbocycles. The molecule has 182 valence electrons. The lowest BCUT2D eigenvalue weighted by Gasteiger charge is -2.28. The number of anilines is 1. The molecular weight excluding hydrogens is 450 g/mol. The molecule has 7 rings (SSSR count). The summed E-state index contributed by atoms with van der Waals surface area (Å²) >= 11 is 0. The minimum Gasteiger partial charge on any atom is -0.354 e. The monoisotopic (exact) mass is 479 g/mol. The lowest BCUT2D eigenvalue weighted by Crippen LogP contribution is -2.43. The summed E-state index contributed by atoms with van der Waals surface area (Å²) in [5.41, 5.74) is 7.88. The molecule has 3 N–H and O–H groups in total. The number of piperazine rings is 1. The molecule has 2 saturated heterocycles. The highest BCUT2D eigenvalue weighted by atomic mass is 15.2. The van der Waals surface area contributed by atoms with E-state index in [2.05, 4.69) is 59.3 Å². The average Bonchev–Trinajstić information content (AvgIpc) is 3.58. The Morgan fingerprint density at radius 3 is 2.75 bits per heavy atom. The number of aromatic nitrogens is 6. The van der Waals surface area contributed by atoms with E-state index in [4.69, 9.17) is 9.97 Å². The number of nitrogens with one attached hydrogen (secondary N) is 3. The van der Waals surface area contributed by atoms with Gasteiger partial charge in [0, 0.05) is 62.3 Å².